The van der Waals surface area contributed by atoms with Crippen LogP contribution in [0.5, 0.6) is 0 Å². The molecule has 74 valence electrons. The van der Waals surface area contributed by atoms with Gasteiger partial charge >= 0.3 is 0 Å². The fourth-order valence-corrected chi connectivity index (χ4v) is 2.24. The summed E-state index contributed by atoms with van der Waals surface area (Å²) in [7, 11) is 1.37. The van der Waals surface area contributed by atoms with Gasteiger partial charge in [0.1, 0.15) is 11.2 Å². The average molecular weight is 252 g/mol. The number of rotatable bonds is 1. The molecule has 0 aliphatic heterocycles. The Balaban J connectivity index is 2.90. The van der Waals surface area contributed by atoms with Crippen molar-refractivity contribution in [1.29, 1.82) is 0 Å². The van der Waals surface area contributed by atoms with Crippen molar-refractivity contribution in [3.05, 3.63) is 23.7 Å². The molecular formula is C7H3Cl2NO3S. The Morgan fingerprint density at radius 1 is 1.43 bits per heavy atom. The van der Waals surface area contributed by atoms with Gasteiger partial charge in [-0.25, -0.2) is 13.4 Å². The molecule has 2 heterocycles. The van der Waals surface area contributed by atoms with Crippen molar-refractivity contribution in [2.24, 2.45) is 0 Å². The number of furan rings is 1. The molecule has 0 unspecified atom stereocenters. The first-order valence-electron chi connectivity index (χ1n) is 3.46. The number of hydrogen-bond donors (Lipinski definition) is 0. The molecule has 0 aliphatic rings. The van der Waals surface area contributed by atoms with Crippen LogP contribution in [0.3, 0.4) is 0 Å². The second kappa shape index (κ2) is 3.12. The van der Waals surface area contributed by atoms with Crippen molar-refractivity contribution in [2.75, 3.05) is 0 Å². The fourth-order valence-electron chi connectivity index (χ4n) is 1.09. The summed E-state index contributed by atoms with van der Waals surface area (Å²) in [6.45, 7) is 0. The van der Waals surface area contributed by atoms with Gasteiger partial charge in [-0.2, -0.15) is 0 Å². The lowest BCUT2D eigenvalue weighted by Crippen LogP contribution is -1.87. The molecule has 0 amide bonds. The van der Waals surface area contributed by atoms with E-state index in [1.54, 1.807) is 0 Å². The van der Waals surface area contributed by atoms with Crippen LogP contribution < -0.4 is 0 Å². The Labute approximate surface area is 88.9 Å². The molecule has 0 fully saturated rings. The van der Waals surface area contributed by atoms with Crippen molar-refractivity contribution in [3.8, 4) is 0 Å². The van der Waals surface area contributed by atoms with Gasteiger partial charge in [0.15, 0.2) is 10.7 Å². The maximum atomic E-state index is 11.1. The zero-order valence-corrected chi connectivity index (χ0v) is 8.90. The summed E-state index contributed by atoms with van der Waals surface area (Å²) < 4.78 is 27.1. The smallest absolute Gasteiger partial charge is 0.265 e. The Morgan fingerprint density at radius 2 is 2.14 bits per heavy atom. The molecule has 0 bridgehead atoms. The van der Waals surface area contributed by atoms with Crippen molar-refractivity contribution in [3.63, 3.8) is 0 Å². The topological polar surface area (TPSA) is 60.2 Å². The fraction of sp³-hybridized carbons (Fsp3) is 0. The van der Waals surface area contributed by atoms with Crippen molar-refractivity contribution in [1.82, 2.24) is 4.98 Å². The molecule has 0 aromatic carbocycles. The molecule has 0 radical (unpaired) electrons. The van der Waals surface area contributed by atoms with Crippen LogP contribution in [0.4, 0.5) is 0 Å². The lowest BCUT2D eigenvalue weighted by atomic mass is 10.3. The van der Waals surface area contributed by atoms with E-state index in [0.717, 1.165) is 6.26 Å². The molecule has 0 N–H and O–H groups in total. The molecule has 0 spiro atoms. The third-order valence-corrected chi connectivity index (χ3v) is 3.28. The van der Waals surface area contributed by atoms with E-state index in [0.29, 0.717) is 5.39 Å². The third kappa shape index (κ3) is 1.47. The summed E-state index contributed by atoms with van der Waals surface area (Å²) in [4.78, 5) is 3.64. The van der Waals surface area contributed by atoms with Crippen LogP contribution >= 0.6 is 22.3 Å². The lowest BCUT2D eigenvalue weighted by molar-refractivity contribution is 0.591. The van der Waals surface area contributed by atoms with Crippen molar-refractivity contribution >= 4 is 42.3 Å². The highest BCUT2D eigenvalue weighted by molar-refractivity contribution is 8.14. The van der Waals surface area contributed by atoms with Gasteiger partial charge in [-0.15, -0.1) is 0 Å². The normalized spacial score (nSPS) is 12.1. The van der Waals surface area contributed by atoms with E-state index >= 15 is 0 Å². The van der Waals surface area contributed by atoms with Crippen LogP contribution in [0.2, 0.25) is 5.15 Å². The summed E-state index contributed by atoms with van der Waals surface area (Å²) in [5.41, 5.74) is 0.216. The van der Waals surface area contributed by atoms with Crippen LogP contribution in [0, 0.1) is 0 Å². The molecule has 2 aromatic heterocycles. The van der Waals surface area contributed by atoms with Gasteiger partial charge < -0.3 is 4.42 Å². The predicted molar refractivity (Wildman–Crippen MR) is 52.1 cm³/mol. The first kappa shape index (κ1) is 9.76. The molecule has 0 atom stereocenters. The van der Waals surface area contributed by atoms with Gasteiger partial charge in [0.05, 0.1) is 0 Å². The van der Waals surface area contributed by atoms with E-state index in [2.05, 4.69) is 4.98 Å². The quantitative estimate of drug-likeness (QED) is 0.577. The first-order valence-corrected chi connectivity index (χ1v) is 6.15. The number of pyridine rings is 1. The highest BCUT2D eigenvalue weighted by Gasteiger charge is 2.19. The third-order valence-electron chi connectivity index (χ3n) is 1.67. The largest absolute Gasteiger partial charge is 0.460 e. The number of fused-ring (bicyclic) bond motifs is 1. The van der Waals surface area contributed by atoms with Gasteiger partial charge in [0, 0.05) is 22.3 Å². The molecule has 0 aliphatic carbocycles. The summed E-state index contributed by atoms with van der Waals surface area (Å²) in [6.07, 6.45) is 2.42. The van der Waals surface area contributed by atoms with E-state index in [9.17, 15) is 8.42 Å². The minimum absolute atomic E-state index is 0.0986. The maximum absolute atomic E-state index is 11.1. The summed E-state index contributed by atoms with van der Waals surface area (Å²) in [6, 6.07) is 1.47. The molecule has 4 nitrogen and oxygen atoms in total. The minimum atomic E-state index is -3.81. The summed E-state index contributed by atoms with van der Waals surface area (Å²) in [5.74, 6) is 0. The summed E-state index contributed by atoms with van der Waals surface area (Å²) in [5, 5.41) is 0.439. The number of aromatic nitrogens is 1. The van der Waals surface area contributed by atoms with E-state index < -0.39 is 9.05 Å². The van der Waals surface area contributed by atoms with E-state index in [4.69, 9.17) is 26.7 Å². The van der Waals surface area contributed by atoms with Crippen LogP contribution in [-0.2, 0) is 9.05 Å². The van der Waals surface area contributed by atoms with Crippen LogP contribution in [0.25, 0.3) is 11.0 Å². The van der Waals surface area contributed by atoms with Gasteiger partial charge in [0.2, 0.25) is 0 Å². The molecule has 7 heteroatoms. The second-order valence-electron chi connectivity index (χ2n) is 2.52. The molecule has 14 heavy (non-hydrogen) atoms. The zero-order chi connectivity index (χ0) is 10.3. The maximum Gasteiger partial charge on any atom is 0.265 e. The Hall–Kier alpha value is -0.780. The minimum Gasteiger partial charge on any atom is -0.460 e. The van der Waals surface area contributed by atoms with E-state index in [-0.39, 0.29) is 15.6 Å². The van der Waals surface area contributed by atoms with Crippen LogP contribution in [-0.4, -0.2) is 13.4 Å². The SMILES string of the molecule is O=S(=O)(Cl)c1coc2c(Cl)nccc12. The van der Waals surface area contributed by atoms with Gasteiger partial charge in [0.25, 0.3) is 9.05 Å². The standard InChI is InChI=1S/C7H3Cl2NO3S/c8-7-6-4(1-2-10-7)5(3-13-6)14(9,11)12/h1-3H. The van der Waals surface area contributed by atoms with Gasteiger partial charge in [-0.1, -0.05) is 11.6 Å². The molecule has 0 saturated heterocycles. The van der Waals surface area contributed by atoms with Crippen LogP contribution in [0.1, 0.15) is 0 Å². The zero-order valence-electron chi connectivity index (χ0n) is 6.57. The molecule has 0 saturated carbocycles. The monoisotopic (exact) mass is 251 g/mol. The molecule has 2 aromatic rings. The van der Waals surface area contributed by atoms with E-state index in [1.807, 2.05) is 0 Å². The lowest BCUT2D eigenvalue weighted by Gasteiger charge is -1.91. The highest BCUT2D eigenvalue weighted by Crippen LogP contribution is 2.30. The van der Waals surface area contributed by atoms with Crippen LogP contribution in [0.15, 0.2) is 27.8 Å². The Kier molecular flexibility index (Phi) is 2.17. The predicted octanol–water partition coefficient (Wildman–Crippen LogP) is 2.41. The molecule has 2 rings (SSSR count). The first-order chi connectivity index (χ1) is 6.50. The number of hydrogen-bond acceptors (Lipinski definition) is 4. The summed E-state index contributed by atoms with van der Waals surface area (Å²) >= 11 is 5.68. The van der Waals surface area contributed by atoms with Gasteiger partial charge in [-0.05, 0) is 6.07 Å². The van der Waals surface area contributed by atoms with Gasteiger partial charge in [-0.3, -0.25) is 0 Å². The second-order valence-corrected chi connectivity index (χ2v) is 5.41. The highest BCUT2D eigenvalue weighted by atomic mass is 35.7. The average Bonchev–Trinajstić information content (AvgIpc) is 2.47. The molecular weight excluding hydrogens is 249 g/mol. The number of halogens is 2. The van der Waals surface area contributed by atoms with Crippen molar-refractivity contribution < 1.29 is 12.8 Å². The Morgan fingerprint density at radius 3 is 2.79 bits per heavy atom. The number of nitrogens with zero attached hydrogens (tertiary/aromatic N) is 1. The van der Waals surface area contributed by atoms with E-state index in [1.165, 1.54) is 12.3 Å². The Bertz CT molecular complexity index is 590. The van der Waals surface area contributed by atoms with Crippen molar-refractivity contribution in [2.45, 2.75) is 4.90 Å².